The molecule has 204 valence electrons. The Kier molecular flexibility index (Phi) is 9.14. The zero-order chi connectivity index (χ0) is 27.5. The van der Waals surface area contributed by atoms with Gasteiger partial charge in [0.2, 0.25) is 0 Å². The lowest BCUT2D eigenvalue weighted by atomic mass is 9.98. The van der Waals surface area contributed by atoms with Crippen LogP contribution in [-0.4, -0.2) is 58.3 Å². The molecule has 1 aliphatic heterocycles. The molecule has 0 radical (unpaired) electrons. The molecule has 0 spiro atoms. The van der Waals surface area contributed by atoms with E-state index < -0.39 is 67.6 Å². The molecule has 12 nitrogen and oxygen atoms in total. The predicted molar refractivity (Wildman–Crippen MR) is 133 cm³/mol. The summed E-state index contributed by atoms with van der Waals surface area (Å²) >= 11 is 3.28. The summed E-state index contributed by atoms with van der Waals surface area (Å²) in [5.41, 5.74) is -4.13. The fourth-order valence-electron chi connectivity index (χ4n) is 3.63. The number of hydrogen-bond donors (Lipinski definition) is 3. The molecular weight excluding hydrogens is 580 g/mol. The molecule has 0 amide bonds. The van der Waals surface area contributed by atoms with E-state index in [1.807, 2.05) is 4.98 Å². The highest BCUT2D eigenvalue weighted by molar-refractivity contribution is 9.10. The number of carbonyl (C=O) groups excluding carboxylic acids is 1. The summed E-state index contributed by atoms with van der Waals surface area (Å²) in [6, 6.07) is 6.17. The van der Waals surface area contributed by atoms with Gasteiger partial charge >= 0.3 is 19.4 Å². The van der Waals surface area contributed by atoms with E-state index in [-0.39, 0.29) is 5.75 Å². The molecule has 2 heterocycles. The summed E-state index contributed by atoms with van der Waals surface area (Å²) < 4.78 is 52.2. The second-order valence-corrected chi connectivity index (χ2v) is 11.5. The maximum atomic E-state index is 15.5. The molecule has 0 saturated carbocycles. The number of ether oxygens (including phenoxy) is 2. The van der Waals surface area contributed by atoms with Crippen molar-refractivity contribution >= 4 is 29.6 Å². The van der Waals surface area contributed by atoms with Gasteiger partial charge in [-0.15, -0.1) is 0 Å². The number of carbonyl (C=O) groups is 1. The van der Waals surface area contributed by atoms with Gasteiger partial charge in [0.15, 0.2) is 11.9 Å². The minimum absolute atomic E-state index is 0.132. The molecule has 1 fully saturated rings. The van der Waals surface area contributed by atoms with E-state index in [1.165, 1.54) is 19.2 Å². The molecule has 3 rings (SSSR count). The van der Waals surface area contributed by atoms with E-state index in [1.54, 1.807) is 26.0 Å². The van der Waals surface area contributed by atoms with E-state index in [0.29, 0.717) is 0 Å². The summed E-state index contributed by atoms with van der Waals surface area (Å²) in [7, 11) is -3.19. The number of halogens is 2. The Labute approximate surface area is 219 Å². The summed E-state index contributed by atoms with van der Waals surface area (Å²) in [5, 5.41) is 13.2. The minimum atomic E-state index is -4.36. The van der Waals surface area contributed by atoms with Crippen molar-refractivity contribution in [1.29, 1.82) is 0 Å². The second kappa shape index (κ2) is 11.6. The predicted octanol–water partition coefficient (Wildman–Crippen LogP) is 2.28. The van der Waals surface area contributed by atoms with Crippen LogP contribution in [0.4, 0.5) is 4.39 Å². The van der Waals surface area contributed by atoms with E-state index in [4.69, 9.17) is 18.5 Å². The largest absolute Gasteiger partial charge is 0.468 e. The summed E-state index contributed by atoms with van der Waals surface area (Å²) in [6.07, 6.45) is -3.82. The average molecular weight is 608 g/mol. The van der Waals surface area contributed by atoms with Crippen molar-refractivity contribution in [3.8, 4) is 5.75 Å². The Bertz CT molecular complexity index is 1270. The number of esters is 1. The molecule has 6 atom stereocenters. The van der Waals surface area contributed by atoms with Crippen LogP contribution in [0.5, 0.6) is 5.75 Å². The van der Waals surface area contributed by atoms with Gasteiger partial charge in [-0.25, -0.2) is 13.8 Å². The van der Waals surface area contributed by atoms with Crippen molar-refractivity contribution in [3.63, 3.8) is 0 Å². The van der Waals surface area contributed by atoms with Gasteiger partial charge in [0.25, 0.3) is 5.56 Å². The summed E-state index contributed by atoms with van der Waals surface area (Å²) in [4.78, 5) is 37.8. The third-order valence-electron chi connectivity index (χ3n) is 5.69. The molecule has 1 aromatic carbocycles. The van der Waals surface area contributed by atoms with Gasteiger partial charge in [-0.3, -0.25) is 23.7 Å². The van der Waals surface area contributed by atoms with Crippen LogP contribution in [0.15, 0.2) is 50.6 Å². The van der Waals surface area contributed by atoms with Gasteiger partial charge < -0.3 is 19.1 Å². The highest BCUT2D eigenvalue weighted by Gasteiger charge is 2.56. The van der Waals surface area contributed by atoms with Gasteiger partial charge in [0, 0.05) is 16.7 Å². The number of nitrogens with one attached hydrogen (secondary N) is 2. The fourth-order valence-corrected chi connectivity index (χ4v) is 5.56. The van der Waals surface area contributed by atoms with Crippen molar-refractivity contribution in [3.05, 3.63) is 61.8 Å². The van der Waals surface area contributed by atoms with Crippen molar-refractivity contribution < 1.29 is 37.4 Å². The van der Waals surface area contributed by atoms with E-state index in [9.17, 15) is 24.1 Å². The number of hydrogen-bond acceptors (Lipinski definition) is 9. The van der Waals surface area contributed by atoms with Gasteiger partial charge in [-0.1, -0.05) is 29.8 Å². The number of H-pyrrole nitrogens is 1. The van der Waals surface area contributed by atoms with Crippen molar-refractivity contribution in [2.75, 3.05) is 13.7 Å². The number of benzene rings is 1. The number of aromatic nitrogens is 2. The van der Waals surface area contributed by atoms with E-state index in [0.717, 1.165) is 28.2 Å². The van der Waals surface area contributed by atoms with Gasteiger partial charge in [0.1, 0.15) is 24.0 Å². The second-order valence-electron chi connectivity index (χ2n) is 8.85. The SMILES string of the molecule is COC(=O)[C@@H](NP(=O)(OC[C@H]1O[C@@H](n2ccc(=O)[nH]c2=O)[C@](C)(F)[C@@H]1O)Oc1ccc(Br)cc1)C(C)C. The van der Waals surface area contributed by atoms with Crippen LogP contribution in [0, 0.1) is 5.92 Å². The number of methoxy groups -OCH3 is 1. The lowest BCUT2D eigenvalue weighted by Crippen LogP contribution is -2.44. The molecule has 0 bridgehead atoms. The van der Waals surface area contributed by atoms with E-state index >= 15 is 4.39 Å². The smallest absolute Gasteiger partial charge is 0.459 e. The van der Waals surface area contributed by atoms with Crippen LogP contribution in [0.3, 0.4) is 0 Å². The Morgan fingerprint density at radius 2 is 1.97 bits per heavy atom. The lowest BCUT2D eigenvalue weighted by molar-refractivity contribution is -0.143. The summed E-state index contributed by atoms with van der Waals surface area (Å²) in [6.45, 7) is 3.73. The highest BCUT2D eigenvalue weighted by Crippen LogP contribution is 2.48. The molecule has 37 heavy (non-hydrogen) atoms. The molecule has 1 aliphatic rings. The van der Waals surface area contributed by atoms with E-state index in [2.05, 4.69) is 21.0 Å². The monoisotopic (exact) mass is 607 g/mol. The quantitative estimate of drug-likeness (QED) is 0.270. The molecule has 15 heteroatoms. The molecule has 0 aliphatic carbocycles. The average Bonchev–Trinajstić information content (AvgIpc) is 3.06. The Hall–Kier alpha value is -2.35. The van der Waals surface area contributed by atoms with Crippen molar-refractivity contribution in [2.24, 2.45) is 5.92 Å². The minimum Gasteiger partial charge on any atom is -0.468 e. The number of aliphatic hydroxyl groups is 1. The first kappa shape index (κ1) is 29.2. The number of aromatic amines is 1. The summed E-state index contributed by atoms with van der Waals surface area (Å²) in [5.74, 6) is -0.978. The van der Waals surface area contributed by atoms with Crippen molar-refractivity contribution in [2.45, 2.75) is 50.9 Å². The first-order chi connectivity index (χ1) is 17.3. The number of aliphatic hydroxyl groups excluding tert-OH is 1. The van der Waals surface area contributed by atoms with Gasteiger partial charge in [0.05, 0.1) is 13.7 Å². The maximum Gasteiger partial charge on any atom is 0.459 e. The van der Waals surface area contributed by atoms with Crippen LogP contribution in [-0.2, 0) is 23.4 Å². The normalized spacial score (nSPS) is 26.0. The van der Waals surface area contributed by atoms with Crippen molar-refractivity contribution in [1.82, 2.24) is 14.6 Å². The Morgan fingerprint density at radius 1 is 1.32 bits per heavy atom. The van der Waals surface area contributed by atoms with Crippen LogP contribution in [0.2, 0.25) is 0 Å². The topological polar surface area (TPSA) is 158 Å². The highest BCUT2D eigenvalue weighted by atomic mass is 79.9. The molecular formula is C22H28BrFN3O9P. The third-order valence-corrected chi connectivity index (χ3v) is 7.75. The van der Waals surface area contributed by atoms with Crippen LogP contribution < -0.4 is 20.9 Å². The van der Waals surface area contributed by atoms with Crippen LogP contribution in [0.25, 0.3) is 0 Å². The third kappa shape index (κ3) is 6.75. The maximum absolute atomic E-state index is 15.5. The zero-order valence-corrected chi connectivity index (χ0v) is 22.9. The van der Waals surface area contributed by atoms with Crippen LogP contribution >= 0.6 is 23.7 Å². The molecule has 3 N–H and O–H groups in total. The van der Waals surface area contributed by atoms with Gasteiger partial charge in [-0.05, 0) is 37.1 Å². The number of rotatable bonds is 10. The first-order valence-electron chi connectivity index (χ1n) is 11.2. The first-order valence-corrected chi connectivity index (χ1v) is 13.5. The standard InChI is InChI=1S/C22H28BrFN3O9P/c1-12(2)17(19(30)33-4)26-37(32,36-14-7-5-13(23)6-8-14)34-11-15-18(29)22(3,24)20(35-15)27-10-9-16(28)25-21(27)31/h5-10,12,15,17-18,20,29H,11H2,1-4H3,(H,26,32)(H,25,28,31)/t15-,17+,18-,20-,22-,37?/m1/s1. The Balaban J connectivity index is 1.86. The Morgan fingerprint density at radius 3 is 2.54 bits per heavy atom. The lowest BCUT2D eigenvalue weighted by Gasteiger charge is -2.27. The number of alkyl halides is 1. The molecule has 1 unspecified atom stereocenters. The molecule has 1 saturated heterocycles. The fraction of sp³-hybridized carbons (Fsp3) is 0.500. The van der Waals surface area contributed by atoms with Crippen LogP contribution in [0.1, 0.15) is 27.0 Å². The molecule has 2 aromatic rings. The molecule has 1 aromatic heterocycles. The number of nitrogens with zero attached hydrogens (tertiary/aromatic N) is 1. The zero-order valence-electron chi connectivity index (χ0n) is 20.4. The van der Waals surface area contributed by atoms with Gasteiger partial charge in [-0.2, -0.15) is 5.09 Å².